The molecule has 0 aliphatic carbocycles. The van der Waals surface area contributed by atoms with Crippen molar-refractivity contribution in [1.29, 1.82) is 0 Å². The van der Waals surface area contributed by atoms with Crippen LogP contribution in [0, 0.1) is 0 Å². The second-order valence-electron chi connectivity index (χ2n) is 2.70. The number of benzene rings is 1. The summed E-state index contributed by atoms with van der Waals surface area (Å²) in [6.45, 7) is 0. The lowest BCUT2D eigenvalue weighted by Gasteiger charge is -2.00. The number of rotatable bonds is 3. The quantitative estimate of drug-likeness (QED) is 0.276. The number of amidine groups is 1. The Labute approximate surface area is 87.2 Å². The summed E-state index contributed by atoms with van der Waals surface area (Å²) in [6.07, 6.45) is 0. The van der Waals surface area contributed by atoms with Crippen molar-refractivity contribution in [2.24, 2.45) is 10.7 Å². The van der Waals surface area contributed by atoms with Gasteiger partial charge in [0.15, 0.2) is 0 Å². The van der Waals surface area contributed by atoms with Crippen LogP contribution in [0.2, 0.25) is 0 Å². The Morgan fingerprint density at radius 1 is 1.36 bits per heavy atom. The molecule has 0 saturated carbocycles. The molecule has 0 aliphatic heterocycles. The molecule has 0 saturated heterocycles. The van der Waals surface area contributed by atoms with Crippen molar-refractivity contribution < 1.29 is 10.0 Å². The lowest BCUT2D eigenvalue weighted by molar-refractivity contribution is 0.426. The highest BCUT2D eigenvalue weighted by atomic mass is 35.5. The maximum Gasteiger partial charge on any atom is 0.488 e. The molecule has 1 rings (SSSR count). The van der Waals surface area contributed by atoms with Crippen LogP contribution in [0.1, 0.15) is 0 Å². The first-order chi connectivity index (χ1) is 6.63. The van der Waals surface area contributed by atoms with Gasteiger partial charge in [-0.3, -0.25) is 0 Å². The van der Waals surface area contributed by atoms with Gasteiger partial charge in [-0.05, 0) is 17.6 Å². The number of alkyl halides is 1. The van der Waals surface area contributed by atoms with Gasteiger partial charge in [0.2, 0.25) is 0 Å². The van der Waals surface area contributed by atoms with Crippen LogP contribution >= 0.6 is 11.6 Å². The third-order valence-corrected chi connectivity index (χ3v) is 1.87. The van der Waals surface area contributed by atoms with E-state index in [-0.39, 0.29) is 5.88 Å². The van der Waals surface area contributed by atoms with Gasteiger partial charge in [-0.15, -0.1) is 11.6 Å². The standard InChI is InChI=1S/C8H10BClN2O2/c10-5-8(11)12-7-3-1-6(2-4-7)9(13)14/h1-4,13-14H,5H2,(H2,11,12). The summed E-state index contributed by atoms with van der Waals surface area (Å²) in [6, 6.07) is 6.39. The van der Waals surface area contributed by atoms with Gasteiger partial charge in [-0.2, -0.15) is 0 Å². The first-order valence-corrected chi connectivity index (χ1v) is 4.52. The van der Waals surface area contributed by atoms with Gasteiger partial charge >= 0.3 is 7.12 Å². The van der Waals surface area contributed by atoms with Crippen LogP contribution in [-0.4, -0.2) is 28.9 Å². The third kappa shape index (κ3) is 3.03. The van der Waals surface area contributed by atoms with E-state index in [2.05, 4.69) is 4.99 Å². The lowest BCUT2D eigenvalue weighted by atomic mass is 9.80. The van der Waals surface area contributed by atoms with Crippen molar-refractivity contribution in [3.63, 3.8) is 0 Å². The van der Waals surface area contributed by atoms with Crippen LogP contribution in [-0.2, 0) is 0 Å². The van der Waals surface area contributed by atoms with Gasteiger partial charge in [0.05, 0.1) is 11.6 Å². The van der Waals surface area contributed by atoms with Crippen molar-refractivity contribution >= 4 is 35.7 Å². The molecule has 4 N–H and O–H groups in total. The van der Waals surface area contributed by atoms with Gasteiger partial charge in [-0.25, -0.2) is 4.99 Å². The summed E-state index contributed by atoms with van der Waals surface area (Å²) in [5.74, 6) is 0.494. The fourth-order valence-electron chi connectivity index (χ4n) is 0.917. The Bertz CT molecular complexity index is 327. The zero-order valence-electron chi connectivity index (χ0n) is 7.39. The van der Waals surface area contributed by atoms with Gasteiger partial charge < -0.3 is 15.8 Å². The predicted molar refractivity (Wildman–Crippen MR) is 58.3 cm³/mol. The number of nitrogens with zero attached hydrogens (tertiary/aromatic N) is 1. The first kappa shape index (κ1) is 11.0. The van der Waals surface area contributed by atoms with Crippen molar-refractivity contribution in [2.45, 2.75) is 0 Å². The molecule has 0 fully saturated rings. The molecule has 0 unspecified atom stereocenters. The van der Waals surface area contributed by atoms with Gasteiger partial charge in [0.1, 0.15) is 5.84 Å². The molecule has 0 aromatic heterocycles. The fourth-order valence-corrected chi connectivity index (χ4v) is 0.976. The van der Waals surface area contributed by atoms with Crippen LogP contribution in [0.25, 0.3) is 0 Å². The first-order valence-electron chi connectivity index (χ1n) is 3.98. The monoisotopic (exact) mass is 212 g/mol. The maximum atomic E-state index is 8.82. The van der Waals surface area contributed by atoms with E-state index in [1.54, 1.807) is 24.3 Å². The van der Waals surface area contributed by atoms with Crippen molar-refractivity contribution in [2.75, 3.05) is 5.88 Å². The summed E-state index contributed by atoms with van der Waals surface area (Å²) in [7, 11) is -1.46. The average Bonchev–Trinajstić information content (AvgIpc) is 2.18. The van der Waals surface area contributed by atoms with E-state index in [0.717, 1.165) is 0 Å². The van der Waals surface area contributed by atoms with E-state index >= 15 is 0 Å². The molecule has 1 aromatic carbocycles. The molecule has 14 heavy (non-hydrogen) atoms. The minimum absolute atomic E-state index is 0.171. The summed E-state index contributed by atoms with van der Waals surface area (Å²) in [4.78, 5) is 3.98. The van der Waals surface area contributed by atoms with Gasteiger partial charge in [-0.1, -0.05) is 12.1 Å². The molecule has 74 valence electrons. The third-order valence-electron chi connectivity index (χ3n) is 1.60. The largest absolute Gasteiger partial charge is 0.488 e. The average molecular weight is 212 g/mol. The number of nitrogens with two attached hydrogens (primary N) is 1. The second kappa shape index (κ2) is 5.00. The number of aliphatic imine (C=N–C) groups is 1. The van der Waals surface area contributed by atoms with Crippen LogP contribution in [0.4, 0.5) is 5.69 Å². The fraction of sp³-hybridized carbons (Fsp3) is 0.125. The Kier molecular flexibility index (Phi) is 3.94. The molecule has 0 atom stereocenters. The summed E-state index contributed by atoms with van der Waals surface area (Å²) >= 11 is 5.45. The Balaban J connectivity index is 2.84. The second-order valence-corrected chi connectivity index (χ2v) is 2.97. The number of halogens is 1. The minimum atomic E-state index is -1.46. The summed E-state index contributed by atoms with van der Waals surface area (Å²) in [5.41, 5.74) is 6.46. The normalized spacial score (nSPS) is 11.5. The van der Waals surface area contributed by atoms with Gasteiger partial charge in [0.25, 0.3) is 0 Å². The number of hydrogen-bond acceptors (Lipinski definition) is 3. The van der Waals surface area contributed by atoms with Crippen LogP contribution < -0.4 is 11.2 Å². The lowest BCUT2D eigenvalue weighted by Crippen LogP contribution is -2.29. The van der Waals surface area contributed by atoms with Crippen molar-refractivity contribution in [1.82, 2.24) is 0 Å². The van der Waals surface area contributed by atoms with E-state index in [0.29, 0.717) is 17.0 Å². The highest BCUT2D eigenvalue weighted by Gasteiger charge is 2.09. The van der Waals surface area contributed by atoms with E-state index in [1.807, 2.05) is 0 Å². The highest BCUT2D eigenvalue weighted by molar-refractivity contribution is 6.58. The summed E-state index contributed by atoms with van der Waals surface area (Å²) < 4.78 is 0. The Morgan fingerprint density at radius 2 is 1.93 bits per heavy atom. The molecular formula is C8H10BClN2O2. The zero-order valence-corrected chi connectivity index (χ0v) is 8.15. The molecule has 0 radical (unpaired) electrons. The molecular weight excluding hydrogens is 202 g/mol. The Hall–Kier alpha value is -1.04. The van der Waals surface area contributed by atoms with E-state index < -0.39 is 7.12 Å². The molecule has 0 bridgehead atoms. The highest BCUT2D eigenvalue weighted by Crippen LogP contribution is 2.08. The molecule has 0 aliphatic rings. The Morgan fingerprint density at radius 3 is 2.36 bits per heavy atom. The SMILES string of the molecule is NC(CCl)=Nc1ccc(B(O)O)cc1. The molecule has 0 heterocycles. The number of hydrogen-bond donors (Lipinski definition) is 3. The maximum absolute atomic E-state index is 8.82. The van der Waals surface area contributed by atoms with Gasteiger partial charge in [0, 0.05) is 0 Å². The topological polar surface area (TPSA) is 78.8 Å². The van der Waals surface area contributed by atoms with E-state index in [1.165, 1.54) is 0 Å². The minimum Gasteiger partial charge on any atom is -0.423 e. The predicted octanol–water partition coefficient (Wildman–Crippen LogP) is -0.406. The van der Waals surface area contributed by atoms with E-state index in [9.17, 15) is 0 Å². The van der Waals surface area contributed by atoms with Crippen LogP contribution in [0.3, 0.4) is 0 Å². The molecule has 1 aromatic rings. The smallest absolute Gasteiger partial charge is 0.423 e. The van der Waals surface area contributed by atoms with Crippen LogP contribution in [0.15, 0.2) is 29.3 Å². The van der Waals surface area contributed by atoms with Crippen molar-refractivity contribution in [3.05, 3.63) is 24.3 Å². The van der Waals surface area contributed by atoms with E-state index in [4.69, 9.17) is 27.4 Å². The van der Waals surface area contributed by atoms with Crippen molar-refractivity contribution in [3.8, 4) is 0 Å². The molecule has 6 heteroatoms. The van der Waals surface area contributed by atoms with Crippen LogP contribution in [0.5, 0.6) is 0 Å². The zero-order chi connectivity index (χ0) is 10.6. The molecule has 0 amide bonds. The summed E-state index contributed by atoms with van der Waals surface area (Å²) in [5, 5.41) is 17.6. The molecule has 4 nitrogen and oxygen atoms in total. The molecule has 0 spiro atoms.